The zero-order valence-electron chi connectivity index (χ0n) is 20.4. The number of unbranched alkanes of at least 4 members (excludes halogenated alkanes) is 2. The van der Waals surface area contributed by atoms with Gasteiger partial charge in [-0.05, 0) is 60.2 Å². The number of amides is 2. The molecule has 0 aliphatic rings. The minimum absolute atomic E-state index is 0.125. The van der Waals surface area contributed by atoms with Crippen molar-refractivity contribution in [2.45, 2.75) is 45.3 Å². The van der Waals surface area contributed by atoms with Crippen LogP contribution in [-0.2, 0) is 29.2 Å². The minimum Gasteiger partial charge on any atom is -0.352 e. The van der Waals surface area contributed by atoms with E-state index in [4.69, 9.17) is 11.6 Å². The summed E-state index contributed by atoms with van der Waals surface area (Å²) in [5.41, 5.74) is 0.788. The van der Waals surface area contributed by atoms with E-state index in [9.17, 15) is 23.6 Å². The van der Waals surface area contributed by atoms with Crippen molar-refractivity contribution in [1.29, 1.82) is 0 Å². The predicted molar refractivity (Wildman–Crippen MR) is 147 cm³/mol. The van der Waals surface area contributed by atoms with Gasteiger partial charge in [-0.2, -0.15) is 0 Å². The summed E-state index contributed by atoms with van der Waals surface area (Å²) in [6.45, 7) is 0.242. The van der Waals surface area contributed by atoms with Crippen LogP contribution in [0.25, 0.3) is 10.2 Å². The molecule has 0 atom stereocenters. The Morgan fingerprint density at radius 2 is 1.74 bits per heavy atom. The highest BCUT2D eigenvalue weighted by molar-refractivity contribution is 7.17. The van der Waals surface area contributed by atoms with Crippen LogP contribution < -0.4 is 21.9 Å². The maximum atomic E-state index is 13.2. The third-order valence-corrected chi connectivity index (χ3v) is 7.06. The second kappa shape index (κ2) is 12.7. The fourth-order valence-corrected chi connectivity index (χ4v) is 5.05. The molecule has 2 aromatic carbocycles. The molecule has 2 amide bonds. The fraction of sp³-hybridized carbons (Fsp3) is 0.259. The van der Waals surface area contributed by atoms with Crippen molar-refractivity contribution in [3.05, 3.63) is 97.2 Å². The first kappa shape index (κ1) is 27.3. The molecule has 8 nitrogen and oxygen atoms in total. The molecule has 2 N–H and O–H groups in total. The summed E-state index contributed by atoms with van der Waals surface area (Å²) in [5.74, 6) is -0.872. The SMILES string of the molecule is O=C(CCCCCn1c(=O)c2sccc2n(CC(=O)Nc2cccc(Cl)c2)c1=O)NCc1ccc(F)cc1. The largest absolute Gasteiger partial charge is 0.352 e. The zero-order valence-corrected chi connectivity index (χ0v) is 22.0. The maximum Gasteiger partial charge on any atom is 0.332 e. The van der Waals surface area contributed by atoms with Crippen molar-refractivity contribution in [1.82, 2.24) is 14.5 Å². The summed E-state index contributed by atoms with van der Waals surface area (Å²) in [6, 6.07) is 14.3. The van der Waals surface area contributed by atoms with E-state index in [-0.39, 0.29) is 30.4 Å². The third kappa shape index (κ3) is 6.96. The van der Waals surface area contributed by atoms with Gasteiger partial charge in [0.25, 0.3) is 5.56 Å². The number of fused-ring (bicyclic) bond motifs is 1. The van der Waals surface area contributed by atoms with Crippen LogP contribution in [0.2, 0.25) is 5.02 Å². The predicted octanol–water partition coefficient (Wildman–Crippen LogP) is 4.53. The van der Waals surface area contributed by atoms with Gasteiger partial charge in [-0.1, -0.05) is 36.2 Å². The Kier molecular flexibility index (Phi) is 9.09. The van der Waals surface area contributed by atoms with Crippen molar-refractivity contribution in [3.63, 3.8) is 0 Å². The number of nitrogens with one attached hydrogen (secondary N) is 2. The van der Waals surface area contributed by atoms with Crippen LogP contribution in [0.4, 0.5) is 10.1 Å². The van der Waals surface area contributed by atoms with Crippen LogP contribution in [-0.4, -0.2) is 20.9 Å². The summed E-state index contributed by atoms with van der Waals surface area (Å²) < 4.78 is 15.8. The Hall–Kier alpha value is -3.76. The van der Waals surface area contributed by atoms with E-state index in [1.54, 1.807) is 47.8 Å². The number of aromatic nitrogens is 2. The standard InChI is InChI=1S/C27H26ClFN4O4S/c28-19-5-4-6-21(15-19)31-24(35)17-33-22-12-14-38-25(22)26(36)32(27(33)37)13-3-1-2-7-23(34)30-16-18-8-10-20(29)11-9-18/h4-6,8-12,14-15H,1-3,7,13,16-17H2,(H,30,34)(H,31,35). The monoisotopic (exact) mass is 556 g/mol. The molecule has 0 bridgehead atoms. The average Bonchev–Trinajstić information content (AvgIpc) is 3.38. The summed E-state index contributed by atoms with van der Waals surface area (Å²) >= 11 is 7.19. The van der Waals surface area contributed by atoms with Crippen LogP contribution in [0, 0.1) is 5.82 Å². The number of anilines is 1. The van der Waals surface area contributed by atoms with Gasteiger partial charge < -0.3 is 10.6 Å². The van der Waals surface area contributed by atoms with Crippen molar-refractivity contribution < 1.29 is 14.0 Å². The lowest BCUT2D eigenvalue weighted by Gasteiger charge is -2.12. The molecule has 0 aliphatic carbocycles. The van der Waals surface area contributed by atoms with Gasteiger partial charge in [0.05, 0.1) is 5.52 Å². The van der Waals surface area contributed by atoms with E-state index in [0.29, 0.717) is 53.2 Å². The van der Waals surface area contributed by atoms with E-state index in [0.717, 1.165) is 10.1 Å². The highest BCUT2D eigenvalue weighted by Gasteiger charge is 2.16. The number of carbonyl (C=O) groups is 2. The Labute approximate surface area is 226 Å². The normalized spacial score (nSPS) is 11.0. The van der Waals surface area contributed by atoms with Crippen molar-refractivity contribution in [3.8, 4) is 0 Å². The molecule has 198 valence electrons. The summed E-state index contributed by atoms with van der Waals surface area (Å²) in [5, 5.41) is 7.70. The van der Waals surface area contributed by atoms with E-state index >= 15 is 0 Å². The third-order valence-electron chi connectivity index (χ3n) is 5.94. The first-order chi connectivity index (χ1) is 18.3. The van der Waals surface area contributed by atoms with Crippen LogP contribution in [0.5, 0.6) is 0 Å². The van der Waals surface area contributed by atoms with E-state index in [1.165, 1.54) is 28.0 Å². The summed E-state index contributed by atoms with van der Waals surface area (Å²) in [4.78, 5) is 50.9. The molecule has 4 aromatic rings. The van der Waals surface area contributed by atoms with Crippen LogP contribution in [0.3, 0.4) is 0 Å². The van der Waals surface area contributed by atoms with Crippen molar-refractivity contribution in [2.24, 2.45) is 0 Å². The molecule has 4 rings (SSSR count). The van der Waals surface area contributed by atoms with Crippen LogP contribution in [0.1, 0.15) is 31.2 Å². The van der Waals surface area contributed by atoms with E-state index in [1.807, 2.05) is 0 Å². The van der Waals surface area contributed by atoms with Gasteiger partial charge >= 0.3 is 5.69 Å². The topological polar surface area (TPSA) is 102 Å². The van der Waals surface area contributed by atoms with Crippen molar-refractivity contribution in [2.75, 3.05) is 5.32 Å². The lowest BCUT2D eigenvalue weighted by atomic mass is 10.1. The molecule has 0 saturated heterocycles. The highest BCUT2D eigenvalue weighted by Crippen LogP contribution is 2.17. The average molecular weight is 557 g/mol. The van der Waals surface area contributed by atoms with Crippen LogP contribution in [0.15, 0.2) is 69.6 Å². The number of hydrogen-bond donors (Lipinski definition) is 2. The number of hydrogen-bond acceptors (Lipinski definition) is 5. The molecular weight excluding hydrogens is 531 g/mol. The molecular formula is C27H26ClFN4O4S. The van der Waals surface area contributed by atoms with Gasteiger partial charge in [0.15, 0.2) is 0 Å². The molecule has 0 radical (unpaired) electrons. The Morgan fingerprint density at radius 1 is 0.947 bits per heavy atom. The number of carbonyl (C=O) groups excluding carboxylic acids is 2. The molecule has 11 heteroatoms. The number of thiophene rings is 1. The number of benzene rings is 2. The van der Waals surface area contributed by atoms with Gasteiger partial charge in [-0.25, -0.2) is 9.18 Å². The molecule has 0 saturated carbocycles. The second-order valence-corrected chi connectivity index (χ2v) is 10.1. The van der Waals surface area contributed by atoms with E-state index < -0.39 is 11.6 Å². The number of halogens is 2. The first-order valence-electron chi connectivity index (χ1n) is 12.1. The molecule has 2 heterocycles. The van der Waals surface area contributed by atoms with E-state index in [2.05, 4.69) is 10.6 Å². The maximum absolute atomic E-state index is 13.2. The molecule has 2 aromatic heterocycles. The minimum atomic E-state index is -0.556. The lowest BCUT2D eigenvalue weighted by molar-refractivity contribution is -0.121. The molecule has 0 spiro atoms. The molecule has 38 heavy (non-hydrogen) atoms. The highest BCUT2D eigenvalue weighted by atomic mass is 35.5. The first-order valence-corrected chi connectivity index (χ1v) is 13.3. The number of nitrogens with zero attached hydrogens (tertiary/aromatic N) is 2. The van der Waals surface area contributed by atoms with Crippen molar-refractivity contribution >= 4 is 50.7 Å². The number of rotatable bonds is 11. The van der Waals surface area contributed by atoms with Crippen LogP contribution >= 0.6 is 22.9 Å². The van der Waals surface area contributed by atoms with Gasteiger partial charge in [0, 0.05) is 30.2 Å². The zero-order chi connectivity index (χ0) is 27.1. The quantitative estimate of drug-likeness (QED) is 0.265. The smallest absolute Gasteiger partial charge is 0.332 e. The Bertz CT molecular complexity index is 1560. The molecule has 0 unspecified atom stereocenters. The fourth-order valence-electron chi connectivity index (χ4n) is 4.02. The van der Waals surface area contributed by atoms with Gasteiger partial charge in [-0.15, -0.1) is 11.3 Å². The Morgan fingerprint density at radius 3 is 2.50 bits per heavy atom. The summed E-state index contributed by atoms with van der Waals surface area (Å²) in [6.07, 6.45) is 2.04. The molecule has 0 fully saturated rings. The second-order valence-electron chi connectivity index (χ2n) is 8.73. The lowest BCUT2D eigenvalue weighted by Crippen LogP contribution is -2.41. The van der Waals surface area contributed by atoms with Gasteiger partial charge in [0.1, 0.15) is 17.1 Å². The molecule has 0 aliphatic heterocycles. The van der Waals surface area contributed by atoms with Gasteiger partial charge in [-0.3, -0.25) is 23.5 Å². The summed E-state index contributed by atoms with van der Waals surface area (Å²) in [7, 11) is 0. The Balaban J connectivity index is 1.34. The van der Waals surface area contributed by atoms with Gasteiger partial charge in [0.2, 0.25) is 11.8 Å².